The molecule has 0 aliphatic heterocycles. The molecule has 5 nitrogen and oxygen atoms in total. The summed E-state index contributed by atoms with van der Waals surface area (Å²) in [5.41, 5.74) is -1.92. The number of Topliss-reactive ketones (excluding diaryl/α,β-unsaturated/α-hetero) is 3. The van der Waals surface area contributed by atoms with Gasteiger partial charge in [-0.25, -0.2) is 0 Å². The highest BCUT2D eigenvalue weighted by Gasteiger charge is 2.66. The summed E-state index contributed by atoms with van der Waals surface area (Å²) in [6.07, 6.45) is 1.28. The maximum Gasteiger partial charge on any atom is 0.224 e. The van der Waals surface area contributed by atoms with Gasteiger partial charge in [0.25, 0.3) is 0 Å². The van der Waals surface area contributed by atoms with Gasteiger partial charge in [-0.05, 0) is 24.8 Å². The summed E-state index contributed by atoms with van der Waals surface area (Å²) in [5.74, 6) is -1.00. The van der Waals surface area contributed by atoms with Crippen molar-refractivity contribution in [1.29, 1.82) is 0 Å². The molecule has 0 radical (unpaired) electrons. The van der Waals surface area contributed by atoms with Crippen molar-refractivity contribution in [2.45, 2.75) is 72.8 Å². The summed E-state index contributed by atoms with van der Waals surface area (Å²) in [5, 5.41) is 21.5. The van der Waals surface area contributed by atoms with Crippen molar-refractivity contribution >= 4 is 17.3 Å². The van der Waals surface area contributed by atoms with Crippen LogP contribution in [-0.2, 0) is 14.4 Å². The van der Waals surface area contributed by atoms with E-state index in [1.54, 1.807) is 6.92 Å². The largest absolute Gasteiger partial charge is 0.504 e. The quantitative estimate of drug-likeness (QED) is 0.681. The normalized spacial score (nSPS) is 43.6. The first-order chi connectivity index (χ1) is 12.3. The van der Waals surface area contributed by atoms with Crippen molar-refractivity contribution in [3.8, 4) is 0 Å². The number of allylic oxidation sites excluding steroid dienone is 2. The fraction of sp³-hybridized carbons (Fsp3) is 0.682. The van der Waals surface area contributed by atoms with Crippen molar-refractivity contribution in [1.82, 2.24) is 0 Å². The van der Waals surface area contributed by atoms with Crippen molar-refractivity contribution in [2.75, 3.05) is 0 Å². The lowest BCUT2D eigenvalue weighted by molar-refractivity contribution is -0.136. The topological polar surface area (TPSA) is 91.7 Å². The standard InChI is InChI=1S/C22H28O5/c1-19(2)12(24)6-8-20(3)14-11(23)10-22(5)13(25)7-9-21(22,4)15(14)16(26)17(27)18(19)20/h12,24,27H,6-10H2,1-5H3/t12-,20+,21+,22+/m0/s1. The Balaban J connectivity index is 2.04. The van der Waals surface area contributed by atoms with Gasteiger partial charge < -0.3 is 10.2 Å². The summed E-state index contributed by atoms with van der Waals surface area (Å²) in [7, 11) is 0. The molecule has 2 N–H and O–H groups in total. The molecular weight excluding hydrogens is 344 g/mol. The van der Waals surface area contributed by atoms with Gasteiger partial charge in [0.1, 0.15) is 5.78 Å². The molecule has 0 bridgehead atoms. The zero-order valence-electron chi connectivity index (χ0n) is 16.7. The fourth-order valence-corrected chi connectivity index (χ4v) is 6.53. The molecule has 0 unspecified atom stereocenters. The number of aliphatic hydroxyl groups excluding tert-OH is 2. The fourth-order valence-electron chi connectivity index (χ4n) is 6.53. The maximum absolute atomic E-state index is 13.4. The van der Waals surface area contributed by atoms with E-state index in [1.807, 2.05) is 27.7 Å². The van der Waals surface area contributed by atoms with Gasteiger partial charge in [-0.2, -0.15) is 0 Å². The van der Waals surface area contributed by atoms with Gasteiger partial charge in [0.2, 0.25) is 5.78 Å². The van der Waals surface area contributed by atoms with Gasteiger partial charge in [0, 0.05) is 45.6 Å². The van der Waals surface area contributed by atoms with Crippen LogP contribution in [0.3, 0.4) is 0 Å². The molecule has 0 aromatic carbocycles. The first kappa shape index (κ1) is 18.6. The second-order valence-corrected chi connectivity index (χ2v) is 10.1. The third kappa shape index (κ3) is 1.86. The van der Waals surface area contributed by atoms with E-state index in [1.165, 1.54) is 0 Å². The number of hydrogen-bond donors (Lipinski definition) is 2. The van der Waals surface area contributed by atoms with Crippen molar-refractivity contribution < 1.29 is 24.6 Å². The highest BCUT2D eigenvalue weighted by atomic mass is 16.3. The average molecular weight is 372 g/mol. The Morgan fingerprint density at radius 1 is 0.926 bits per heavy atom. The molecule has 0 aromatic rings. The van der Waals surface area contributed by atoms with Crippen LogP contribution < -0.4 is 0 Å². The number of rotatable bonds is 0. The molecule has 0 saturated heterocycles. The number of aliphatic hydroxyl groups is 2. The van der Waals surface area contributed by atoms with Crippen molar-refractivity contribution in [2.24, 2.45) is 21.7 Å². The van der Waals surface area contributed by atoms with E-state index < -0.39 is 33.5 Å². The zero-order chi connectivity index (χ0) is 20.2. The molecule has 0 amide bonds. The van der Waals surface area contributed by atoms with Gasteiger partial charge in [-0.15, -0.1) is 0 Å². The summed E-state index contributed by atoms with van der Waals surface area (Å²) in [4.78, 5) is 39.4. The molecule has 0 aromatic heterocycles. The number of carbonyl (C=O) groups is 3. The van der Waals surface area contributed by atoms with Gasteiger partial charge in [0.15, 0.2) is 11.5 Å². The summed E-state index contributed by atoms with van der Waals surface area (Å²) < 4.78 is 0. The minimum Gasteiger partial charge on any atom is -0.504 e. The summed E-state index contributed by atoms with van der Waals surface area (Å²) in [6, 6.07) is 0. The molecule has 0 heterocycles. The Labute approximate surface area is 159 Å². The Hall–Kier alpha value is -1.75. The van der Waals surface area contributed by atoms with Crippen molar-refractivity contribution in [3.05, 3.63) is 22.5 Å². The van der Waals surface area contributed by atoms with Crippen LogP contribution in [0.4, 0.5) is 0 Å². The lowest BCUT2D eigenvalue weighted by Crippen LogP contribution is -2.55. The predicted molar refractivity (Wildman–Crippen MR) is 98.9 cm³/mol. The molecule has 4 aliphatic carbocycles. The van der Waals surface area contributed by atoms with Gasteiger partial charge >= 0.3 is 0 Å². The van der Waals surface area contributed by atoms with Crippen LogP contribution in [0.25, 0.3) is 0 Å². The molecule has 146 valence electrons. The third-order valence-corrected chi connectivity index (χ3v) is 8.46. The van der Waals surface area contributed by atoms with Crippen molar-refractivity contribution in [3.63, 3.8) is 0 Å². The Bertz CT molecular complexity index is 875. The number of fused-ring (bicyclic) bond motifs is 4. The number of carbonyl (C=O) groups excluding carboxylic acids is 3. The van der Waals surface area contributed by atoms with E-state index in [0.717, 1.165) is 0 Å². The van der Waals surface area contributed by atoms with Crippen LogP contribution in [0.15, 0.2) is 22.5 Å². The molecule has 4 rings (SSSR count). The second-order valence-electron chi connectivity index (χ2n) is 10.1. The van der Waals surface area contributed by atoms with E-state index in [-0.39, 0.29) is 23.7 Å². The molecule has 2 fully saturated rings. The maximum atomic E-state index is 13.4. The lowest BCUT2D eigenvalue weighted by Gasteiger charge is -2.56. The minimum atomic E-state index is -0.892. The van der Waals surface area contributed by atoms with E-state index in [2.05, 4.69) is 0 Å². The number of ketones is 3. The van der Waals surface area contributed by atoms with Crippen LogP contribution in [0.5, 0.6) is 0 Å². The Morgan fingerprint density at radius 2 is 1.56 bits per heavy atom. The third-order valence-electron chi connectivity index (χ3n) is 8.46. The van der Waals surface area contributed by atoms with Crippen LogP contribution >= 0.6 is 0 Å². The molecule has 27 heavy (non-hydrogen) atoms. The van der Waals surface area contributed by atoms with Crippen LogP contribution in [-0.4, -0.2) is 33.7 Å². The van der Waals surface area contributed by atoms with E-state index in [4.69, 9.17) is 0 Å². The van der Waals surface area contributed by atoms with Gasteiger partial charge in [-0.3, -0.25) is 14.4 Å². The monoisotopic (exact) mass is 372 g/mol. The van der Waals surface area contributed by atoms with Gasteiger partial charge in [0.05, 0.1) is 6.10 Å². The summed E-state index contributed by atoms with van der Waals surface area (Å²) >= 11 is 0. The van der Waals surface area contributed by atoms with Gasteiger partial charge in [-0.1, -0.05) is 34.6 Å². The predicted octanol–water partition coefficient (Wildman–Crippen LogP) is 3.21. The van der Waals surface area contributed by atoms with E-state index >= 15 is 0 Å². The zero-order valence-corrected chi connectivity index (χ0v) is 16.7. The molecule has 4 atom stereocenters. The first-order valence-electron chi connectivity index (χ1n) is 9.81. The molecule has 0 spiro atoms. The smallest absolute Gasteiger partial charge is 0.224 e. The SMILES string of the molecule is CC1(C)C2=C(O)C(=O)C3=C(C(=O)C[C@]4(C)C(=O)CC[C@]34C)[C@@]2(C)CC[C@@H]1O. The highest BCUT2D eigenvalue weighted by molar-refractivity contribution is 6.19. The Kier molecular flexibility index (Phi) is 3.44. The van der Waals surface area contributed by atoms with Crippen LogP contribution in [0.2, 0.25) is 0 Å². The molecular formula is C22H28O5. The van der Waals surface area contributed by atoms with Crippen LogP contribution in [0.1, 0.15) is 66.7 Å². The number of hydrogen-bond acceptors (Lipinski definition) is 5. The van der Waals surface area contributed by atoms with E-state index in [9.17, 15) is 24.6 Å². The molecule has 5 heteroatoms. The first-order valence-corrected chi connectivity index (χ1v) is 9.81. The Morgan fingerprint density at radius 3 is 2.19 bits per heavy atom. The second kappa shape index (κ2) is 4.99. The minimum absolute atomic E-state index is 0.0246. The van der Waals surface area contributed by atoms with E-state index in [0.29, 0.717) is 42.4 Å². The average Bonchev–Trinajstić information content (AvgIpc) is 2.79. The molecule has 2 saturated carbocycles. The molecule has 4 aliphatic rings. The summed E-state index contributed by atoms with van der Waals surface area (Å²) in [6.45, 7) is 9.25. The lowest BCUT2D eigenvalue weighted by atomic mass is 9.46. The highest BCUT2D eigenvalue weighted by Crippen LogP contribution is 2.67. The van der Waals surface area contributed by atoms with Crippen LogP contribution in [0, 0.1) is 21.7 Å².